The second-order valence-electron chi connectivity index (χ2n) is 7.39. The van der Waals surface area contributed by atoms with Gasteiger partial charge in [-0.05, 0) is 36.6 Å². The SMILES string of the molecule is C[C@@]1(c2ccc3c(c2)OCCO3)NC(=O)N(CC(=O)NCCc2ccccc2)C1=O. The molecule has 1 fully saturated rings. The zero-order valence-corrected chi connectivity index (χ0v) is 16.6. The van der Waals surface area contributed by atoms with Crippen molar-refractivity contribution in [2.45, 2.75) is 18.9 Å². The Kier molecular flexibility index (Phi) is 5.31. The van der Waals surface area contributed by atoms with Crippen molar-refractivity contribution in [2.75, 3.05) is 26.3 Å². The maximum absolute atomic E-state index is 13.0. The number of nitrogens with zero attached hydrogens (tertiary/aromatic N) is 1. The third-order valence-corrected chi connectivity index (χ3v) is 5.27. The first kappa shape index (κ1) is 19.8. The zero-order chi connectivity index (χ0) is 21.1. The van der Waals surface area contributed by atoms with E-state index >= 15 is 0 Å². The van der Waals surface area contributed by atoms with Crippen molar-refractivity contribution in [1.29, 1.82) is 0 Å². The fourth-order valence-corrected chi connectivity index (χ4v) is 3.58. The van der Waals surface area contributed by atoms with Gasteiger partial charge in [0.15, 0.2) is 11.5 Å². The van der Waals surface area contributed by atoms with Gasteiger partial charge < -0.3 is 20.1 Å². The number of urea groups is 1. The predicted octanol–water partition coefficient (Wildman–Crippen LogP) is 1.58. The molecule has 4 rings (SSSR count). The van der Waals surface area contributed by atoms with Crippen LogP contribution in [0.3, 0.4) is 0 Å². The average molecular weight is 409 g/mol. The first-order valence-electron chi connectivity index (χ1n) is 9.82. The molecule has 2 aromatic rings. The summed E-state index contributed by atoms with van der Waals surface area (Å²) in [5.74, 6) is 0.252. The molecule has 0 aromatic heterocycles. The lowest BCUT2D eigenvalue weighted by molar-refractivity contribution is -0.134. The molecule has 1 atom stereocenters. The summed E-state index contributed by atoms with van der Waals surface area (Å²) in [5.41, 5.74) is 0.383. The number of carbonyl (C=O) groups excluding carboxylic acids is 3. The van der Waals surface area contributed by atoms with Gasteiger partial charge in [-0.25, -0.2) is 4.79 Å². The molecule has 0 bridgehead atoms. The van der Waals surface area contributed by atoms with E-state index in [0.29, 0.717) is 43.2 Å². The van der Waals surface area contributed by atoms with Crippen LogP contribution in [0.5, 0.6) is 11.5 Å². The second-order valence-corrected chi connectivity index (χ2v) is 7.39. The summed E-state index contributed by atoms with van der Waals surface area (Å²) in [5, 5.41) is 5.46. The van der Waals surface area contributed by atoms with E-state index in [0.717, 1.165) is 10.5 Å². The van der Waals surface area contributed by atoms with Crippen LogP contribution in [0, 0.1) is 0 Å². The van der Waals surface area contributed by atoms with Gasteiger partial charge in [0.2, 0.25) is 5.91 Å². The quantitative estimate of drug-likeness (QED) is 0.706. The molecule has 156 valence electrons. The van der Waals surface area contributed by atoms with Gasteiger partial charge in [0.25, 0.3) is 5.91 Å². The number of carbonyl (C=O) groups is 3. The van der Waals surface area contributed by atoms with E-state index in [4.69, 9.17) is 9.47 Å². The van der Waals surface area contributed by atoms with Crippen LogP contribution in [0.1, 0.15) is 18.1 Å². The topological polar surface area (TPSA) is 97.0 Å². The first-order valence-corrected chi connectivity index (χ1v) is 9.82. The molecule has 8 heteroatoms. The summed E-state index contributed by atoms with van der Waals surface area (Å²) in [6, 6.07) is 14.3. The minimum Gasteiger partial charge on any atom is -0.486 e. The first-order chi connectivity index (χ1) is 14.5. The van der Waals surface area contributed by atoms with Crippen LogP contribution in [0.25, 0.3) is 0 Å². The smallest absolute Gasteiger partial charge is 0.325 e. The molecule has 8 nitrogen and oxygen atoms in total. The molecular formula is C22H23N3O5. The molecule has 0 saturated carbocycles. The lowest BCUT2D eigenvalue weighted by atomic mass is 9.91. The van der Waals surface area contributed by atoms with Gasteiger partial charge in [0.05, 0.1) is 0 Å². The van der Waals surface area contributed by atoms with Gasteiger partial charge >= 0.3 is 6.03 Å². The minimum absolute atomic E-state index is 0.334. The number of fused-ring (bicyclic) bond motifs is 1. The van der Waals surface area contributed by atoms with E-state index in [1.807, 2.05) is 30.3 Å². The average Bonchev–Trinajstić information content (AvgIpc) is 2.98. The molecule has 2 aliphatic rings. The number of rotatable bonds is 6. The maximum atomic E-state index is 13.0. The number of nitrogens with one attached hydrogen (secondary N) is 2. The van der Waals surface area contributed by atoms with Crippen molar-refractivity contribution in [3.63, 3.8) is 0 Å². The van der Waals surface area contributed by atoms with Gasteiger partial charge in [0, 0.05) is 6.54 Å². The molecule has 0 radical (unpaired) electrons. The van der Waals surface area contributed by atoms with Gasteiger partial charge in [-0.1, -0.05) is 36.4 Å². The standard InChI is InChI=1S/C22H23N3O5/c1-22(16-7-8-17-18(13-16)30-12-11-29-17)20(27)25(21(28)24-22)14-19(26)23-10-9-15-5-3-2-4-6-15/h2-8,13H,9-12,14H2,1H3,(H,23,26)(H,24,28)/t22-/m0/s1. The van der Waals surface area contributed by atoms with Crippen molar-refractivity contribution in [3.8, 4) is 11.5 Å². The third-order valence-electron chi connectivity index (χ3n) is 5.27. The lowest BCUT2D eigenvalue weighted by Gasteiger charge is -2.25. The van der Waals surface area contributed by atoms with E-state index in [1.54, 1.807) is 25.1 Å². The van der Waals surface area contributed by atoms with Crippen molar-refractivity contribution >= 4 is 17.8 Å². The molecule has 2 N–H and O–H groups in total. The van der Waals surface area contributed by atoms with E-state index in [-0.39, 0.29) is 12.5 Å². The monoisotopic (exact) mass is 409 g/mol. The Morgan fingerprint density at radius 3 is 2.60 bits per heavy atom. The number of benzene rings is 2. The molecule has 0 spiro atoms. The van der Waals surface area contributed by atoms with Gasteiger partial charge in [0.1, 0.15) is 25.3 Å². The van der Waals surface area contributed by atoms with Crippen LogP contribution in [-0.4, -0.2) is 49.0 Å². The van der Waals surface area contributed by atoms with Gasteiger partial charge in [-0.2, -0.15) is 0 Å². The van der Waals surface area contributed by atoms with Crippen LogP contribution in [0.15, 0.2) is 48.5 Å². The normalized spacial score (nSPS) is 20.1. The van der Waals surface area contributed by atoms with Crippen LogP contribution < -0.4 is 20.1 Å². The van der Waals surface area contributed by atoms with Crippen molar-refractivity contribution in [1.82, 2.24) is 15.5 Å². The number of ether oxygens (including phenoxy) is 2. The maximum Gasteiger partial charge on any atom is 0.325 e. The Bertz CT molecular complexity index is 978. The summed E-state index contributed by atoms with van der Waals surface area (Å²) < 4.78 is 11.1. The number of hydrogen-bond donors (Lipinski definition) is 2. The number of hydrogen-bond acceptors (Lipinski definition) is 5. The van der Waals surface area contributed by atoms with E-state index < -0.39 is 17.5 Å². The van der Waals surface area contributed by atoms with Crippen LogP contribution in [0.4, 0.5) is 4.79 Å². The Morgan fingerprint density at radius 1 is 1.10 bits per heavy atom. The highest BCUT2D eigenvalue weighted by Gasteiger charge is 2.49. The van der Waals surface area contributed by atoms with Crippen molar-refractivity contribution in [3.05, 3.63) is 59.7 Å². The zero-order valence-electron chi connectivity index (χ0n) is 16.6. The van der Waals surface area contributed by atoms with Gasteiger partial charge in [-0.3, -0.25) is 14.5 Å². The fourth-order valence-electron chi connectivity index (χ4n) is 3.58. The lowest BCUT2D eigenvalue weighted by Crippen LogP contribution is -2.43. The summed E-state index contributed by atoms with van der Waals surface area (Å²) in [4.78, 5) is 38.7. The Balaban J connectivity index is 1.40. The second kappa shape index (κ2) is 8.06. The molecule has 2 aromatic carbocycles. The third kappa shape index (κ3) is 3.80. The molecular weight excluding hydrogens is 386 g/mol. The highest BCUT2D eigenvalue weighted by Crippen LogP contribution is 2.36. The minimum atomic E-state index is -1.28. The van der Waals surface area contributed by atoms with E-state index in [9.17, 15) is 14.4 Å². The fraction of sp³-hybridized carbons (Fsp3) is 0.318. The predicted molar refractivity (Wildman–Crippen MR) is 108 cm³/mol. The van der Waals surface area contributed by atoms with Crippen LogP contribution in [-0.2, 0) is 21.5 Å². The molecule has 30 heavy (non-hydrogen) atoms. The van der Waals surface area contributed by atoms with Crippen molar-refractivity contribution < 1.29 is 23.9 Å². The summed E-state index contributed by atoms with van der Waals surface area (Å²) >= 11 is 0. The van der Waals surface area contributed by atoms with Crippen LogP contribution >= 0.6 is 0 Å². The molecule has 0 aliphatic carbocycles. The van der Waals surface area contributed by atoms with E-state index in [1.165, 1.54) is 0 Å². The molecule has 2 heterocycles. The highest BCUT2D eigenvalue weighted by atomic mass is 16.6. The Morgan fingerprint density at radius 2 is 1.83 bits per heavy atom. The number of amides is 4. The van der Waals surface area contributed by atoms with Crippen molar-refractivity contribution in [2.24, 2.45) is 0 Å². The summed E-state index contributed by atoms with van der Waals surface area (Å²) in [6.45, 7) is 2.59. The highest BCUT2D eigenvalue weighted by molar-refractivity contribution is 6.09. The summed E-state index contributed by atoms with van der Waals surface area (Å²) in [7, 11) is 0. The molecule has 0 unspecified atom stereocenters. The molecule has 1 saturated heterocycles. The van der Waals surface area contributed by atoms with Crippen LogP contribution in [0.2, 0.25) is 0 Å². The molecule has 4 amide bonds. The summed E-state index contributed by atoms with van der Waals surface area (Å²) in [6.07, 6.45) is 0.668. The molecule has 2 aliphatic heterocycles. The van der Waals surface area contributed by atoms with Gasteiger partial charge in [-0.15, -0.1) is 0 Å². The van der Waals surface area contributed by atoms with E-state index in [2.05, 4.69) is 10.6 Å². The largest absolute Gasteiger partial charge is 0.486 e. The Labute approximate surface area is 174 Å². The Hall–Kier alpha value is -3.55. The number of imide groups is 1.